The van der Waals surface area contributed by atoms with Crippen molar-refractivity contribution in [2.75, 3.05) is 5.32 Å². The Morgan fingerprint density at radius 1 is 1.53 bits per heavy atom. The number of carbonyl (C=O) groups excluding carboxylic acids is 1. The smallest absolute Gasteiger partial charge is 0.268 e. The normalized spacial score (nSPS) is 10.3. The predicted octanol–water partition coefficient (Wildman–Crippen LogP) is 2.00. The third-order valence-electron chi connectivity index (χ3n) is 1.71. The zero-order valence-electron chi connectivity index (χ0n) is 8.27. The third-order valence-corrected chi connectivity index (χ3v) is 2.63. The molecular formula is C9H9N3O2S. The van der Waals surface area contributed by atoms with Crippen molar-refractivity contribution in [1.29, 1.82) is 0 Å². The van der Waals surface area contributed by atoms with E-state index in [0.717, 1.165) is 5.01 Å². The minimum absolute atomic E-state index is 0.214. The number of hydrogen-bond donors (Lipinski definition) is 1. The van der Waals surface area contributed by atoms with E-state index < -0.39 is 0 Å². The quantitative estimate of drug-likeness (QED) is 0.845. The van der Waals surface area contributed by atoms with Crippen LogP contribution in [0, 0.1) is 13.8 Å². The Morgan fingerprint density at radius 2 is 2.33 bits per heavy atom. The first-order valence-electron chi connectivity index (χ1n) is 4.32. The lowest BCUT2D eigenvalue weighted by Crippen LogP contribution is -2.10. The molecule has 2 aromatic rings. The summed E-state index contributed by atoms with van der Waals surface area (Å²) in [5, 5.41) is 7.14. The van der Waals surface area contributed by atoms with Crippen molar-refractivity contribution in [2.24, 2.45) is 0 Å². The van der Waals surface area contributed by atoms with Crippen molar-refractivity contribution in [3.05, 3.63) is 27.9 Å². The van der Waals surface area contributed by atoms with Crippen LogP contribution in [0.15, 0.2) is 16.8 Å². The van der Waals surface area contributed by atoms with Gasteiger partial charge in [-0.1, -0.05) is 5.16 Å². The minimum Gasteiger partial charge on any atom is -0.360 e. The fourth-order valence-electron chi connectivity index (χ4n) is 1.07. The molecule has 0 radical (unpaired) electrons. The van der Waals surface area contributed by atoms with Gasteiger partial charge in [-0.25, -0.2) is 4.98 Å². The molecule has 6 heteroatoms. The molecule has 0 fully saturated rings. The lowest BCUT2D eigenvalue weighted by molar-refractivity contribution is 0.102. The van der Waals surface area contributed by atoms with Gasteiger partial charge in [-0.2, -0.15) is 0 Å². The van der Waals surface area contributed by atoms with Gasteiger partial charge in [0, 0.05) is 6.07 Å². The molecule has 1 N–H and O–H groups in total. The highest BCUT2D eigenvalue weighted by Gasteiger charge is 2.11. The molecule has 0 saturated carbocycles. The van der Waals surface area contributed by atoms with Crippen LogP contribution in [-0.2, 0) is 0 Å². The Bertz CT molecular complexity index is 489. The molecule has 0 aromatic carbocycles. The zero-order chi connectivity index (χ0) is 10.8. The van der Waals surface area contributed by atoms with E-state index in [1.54, 1.807) is 19.2 Å². The van der Waals surface area contributed by atoms with Crippen molar-refractivity contribution in [1.82, 2.24) is 10.1 Å². The van der Waals surface area contributed by atoms with Gasteiger partial charge in [-0.15, -0.1) is 11.3 Å². The van der Waals surface area contributed by atoms with Gasteiger partial charge in [-0.05, 0) is 13.8 Å². The second-order valence-corrected chi connectivity index (χ2v) is 4.26. The van der Waals surface area contributed by atoms with Gasteiger partial charge < -0.3 is 9.84 Å². The summed E-state index contributed by atoms with van der Waals surface area (Å²) in [4.78, 5) is 16.2. The van der Waals surface area contributed by atoms with Crippen LogP contribution in [-0.4, -0.2) is 16.0 Å². The first-order chi connectivity index (χ1) is 7.15. The summed E-state index contributed by atoms with van der Waals surface area (Å²) in [5.41, 5.74) is 0. The highest BCUT2D eigenvalue weighted by molar-refractivity contribution is 7.13. The summed E-state index contributed by atoms with van der Waals surface area (Å²) in [6.07, 6.45) is 1.54. The van der Waals surface area contributed by atoms with Gasteiger partial charge in [0.15, 0.2) is 5.82 Å². The largest absolute Gasteiger partial charge is 0.360 e. The number of aromatic nitrogens is 2. The number of hydrogen-bond acceptors (Lipinski definition) is 5. The molecule has 0 aliphatic rings. The van der Waals surface area contributed by atoms with E-state index in [-0.39, 0.29) is 5.91 Å². The van der Waals surface area contributed by atoms with Crippen LogP contribution in [0.3, 0.4) is 0 Å². The maximum atomic E-state index is 11.6. The fraction of sp³-hybridized carbons (Fsp3) is 0.222. The average Bonchev–Trinajstić information content (AvgIpc) is 2.75. The van der Waals surface area contributed by atoms with E-state index >= 15 is 0 Å². The monoisotopic (exact) mass is 223 g/mol. The number of nitrogens with zero attached hydrogens (tertiary/aromatic N) is 2. The third kappa shape index (κ3) is 2.21. The Kier molecular flexibility index (Phi) is 2.51. The lowest BCUT2D eigenvalue weighted by Gasteiger charge is -1.95. The minimum atomic E-state index is -0.214. The number of carbonyl (C=O) groups is 1. The number of anilines is 1. The number of nitrogens with one attached hydrogen (secondary N) is 1. The lowest BCUT2D eigenvalue weighted by atomic mass is 10.4. The molecule has 78 valence electrons. The van der Waals surface area contributed by atoms with Crippen molar-refractivity contribution in [2.45, 2.75) is 13.8 Å². The molecule has 0 unspecified atom stereocenters. The van der Waals surface area contributed by atoms with Crippen molar-refractivity contribution in [3.63, 3.8) is 0 Å². The zero-order valence-corrected chi connectivity index (χ0v) is 9.09. The van der Waals surface area contributed by atoms with E-state index in [4.69, 9.17) is 4.52 Å². The Balaban J connectivity index is 2.10. The van der Waals surface area contributed by atoms with Crippen molar-refractivity contribution < 1.29 is 9.32 Å². The number of amides is 1. The van der Waals surface area contributed by atoms with E-state index in [0.29, 0.717) is 16.5 Å². The molecule has 0 aliphatic heterocycles. The highest BCUT2D eigenvalue weighted by atomic mass is 32.1. The molecular weight excluding hydrogens is 214 g/mol. The van der Waals surface area contributed by atoms with Crippen molar-refractivity contribution >= 4 is 23.1 Å². The molecule has 1 amide bonds. The van der Waals surface area contributed by atoms with Gasteiger partial charge in [0.25, 0.3) is 5.91 Å². The number of aryl methyl sites for hydroxylation is 2. The van der Waals surface area contributed by atoms with Crippen LogP contribution >= 0.6 is 11.3 Å². The molecule has 0 saturated heterocycles. The highest BCUT2D eigenvalue weighted by Crippen LogP contribution is 2.14. The van der Waals surface area contributed by atoms with Crippen LogP contribution in [0.1, 0.15) is 20.4 Å². The Hall–Kier alpha value is -1.69. The predicted molar refractivity (Wildman–Crippen MR) is 56.0 cm³/mol. The molecule has 2 heterocycles. The van der Waals surface area contributed by atoms with Gasteiger partial charge >= 0.3 is 0 Å². The summed E-state index contributed by atoms with van der Waals surface area (Å²) in [7, 11) is 0. The molecule has 2 aromatic heterocycles. The van der Waals surface area contributed by atoms with Crippen LogP contribution in [0.4, 0.5) is 5.82 Å². The number of thiazole rings is 1. The van der Waals surface area contributed by atoms with Crippen molar-refractivity contribution in [3.8, 4) is 0 Å². The molecule has 15 heavy (non-hydrogen) atoms. The second-order valence-electron chi connectivity index (χ2n) is 3.02. The Morgan fingerprint density at radius 3 is 2.87 bits per heavy atom. The first kappa shape index (κ1) is 9.85. The SMILES string of the molecule is Cc1cc(NC(=O)c2cnc(C)s2)no1. The van der Waals surface area contributed by atoms with Gasteiger partial charge in [0.05, 0.1) is 11.2 Å². The van der Waals surface area contributed by atoms with Crippen LogP contribution in [0.5, 0.6) is 0 Å². The maximum absolute atomic E-state index is 11.6. The summed E-state index contributed by atoms with van der Waals surface area (Å²) >= 11 is 1.34. The summed E-state index contributed by atoms with van der Waals surface area (Å²) in [6.45, 7) is 3.61. The standard InChI is InChI=1S/C9H9N3O2S/c1-5-3-8(12-14-5)11-9(13)7-4-10-6(2)15-7/h3-4H,1-2H3,(H,11,12,13). The van der Waals surface area contributed by atoms with Crippen LogP contribution < -0.4 is 5.32 Å². The van der Waals surface area contributed by atoms with E-state index in [1.165, 1.54) is 11.3 Å². The van der Waals surface area contributed by atoms with Gasteiger partial charge in [-0.3, -0.25) is 4.79 Å². The first-order valence-corrected chi connectivity index (χ1v) is 5.14. The molecule has 0 bridgehead atoms. The summed E-state index contributed by atoms with van der Waals surface area (Å²) < 4.78 is 4.83. The van der Waals surface area contributed by atoms with Gasteiger partial charge in [0.2, 0.25) is 0 Å². The molecule has 2 rings (SSSR count). The molecule has 0 aliphatic carbocycles. The van der Waals surface area contributed by atoms with E-state index in [9.17, 15) is 4.79 Å². The second kappa shape index (κ2) is 3.82. The topological polar surface area (TPSA) is 68.0 Å². The summed E-state index contributed by atoms with van der Waals surface area (Å²) in [6, 6.07) is 1.66. The fourth-order valence-corrected chi connectivity index (χ4v) is 1.74. The average molecular weight is 223 g/mol. The number of rotatable bonds is 2. The Labute approximate surface area is 90.1 Å². The molecule has 5 nitrogen and oxygen atoms in total. The van der Waals surface area contributed by atoms with Crippen LogP contribution in [0.2, 0.25) is 0 Å². The van der Waals surface area contributed by atoms with E-state index in [2.05, 4.69) is 15.5 Å². The maximum Gasteiger partial charge on any atom is 0.268 e. The molecule has 0 atom stereocenters. The van der Waals surface area contributed by atoms with Gasteiger partial charge in [0.1, 0.15) is 10.6 Å². The van der Waals surface area contributed by atoms with E-state index in [1.807, 2.05) is 6.92 Å². The summed E-state index contributed by atoms with van der Waals surface area (Å²) in [5.74, 6) is 0.864. The van der Waals surface area contributed by atoms with Crippen LogP contribution in [0.25, 0.3) is 0 Å². The molecule has 0 spiro atoms.